The molecule has 2 aromatic rings. The van der Waals surface area contributed by atoms with Crippen molar-refractivity contribution in [3.05, 3.63) is 59.2 Å². The summed E-state index contributed by atoms with van der Waals surface area (Å²) in [7, 11) is 0. The van der Waals surface area contributed by atoms with E-state index >= 15 is 0 Å². The van der Waals surface area contributed by atoms with Crippen LogP contribution in [0.3, 0.4) is 0 Å². The number of nitrogens with zero attached hydrogens (tertiary/aromatic N) is 1. The van der Waals surface area contributed by atoms with Crippen molar-refractivity contribution in [2.45, 2.75) is 32.2 Å². The Bertz CT molecular complexity index is 1030. The number of hydrogen-bond donors (Lipinski definition) is 4. The normalized spacial score (nSPS) is 17.6. The third kappa shape index (κ3) is 5.26. The standard InChI is InChI=1S/C24H29N5O3/c1-15(2)27-22(30)16-4-3-5-19(12-16)28-21-7-6-17(13-20(21)18-8-11-32-14-18)23(31)29-24-25-9-10-26-24/h3-7,12-13,15,18,28H,8-11,14H2,1-2H3,(H,27,30)(H2,25,26,29,31). The fourth-order valence-electron chi connectivity index (χ4n) is 3.84. The van der Waals surface area contributed by atoms with Gasteiger partial charge in [0.2, 0.25) is 0 Å². The van der Waals surface area contributed by atoms with E-state index < -0.39 is 0 Å². The molecule has 2 aliphatic heterocycles. The summed E-state index contributed by atoms with van der Waals surface area (Å²) in [6, 6.07) is 13.1. The molecule has 0 aliphatic carbocycles. The number of aliphatic imine (C=N–C) groups is 1. The number of ether oxygens (including phenoxy) is 1. The number of guanidine groups is 1. The molecule has 2 aromatic carbocycles. The van der Waals surface area contributed by atoms with Crippen LogP contribution < -0.4 is 21.3 Å². The SMILES string of the molecule is CC(C)NC(=O)c1cccc(Nc2ccc(C(=O)NC3=NCCN3)cc2C2CCOC2)c1. The molecule has 2 amide bonds. The Morgan fingerprint density at radius 2 is 1.97 bits per heavy atom. The summed E-state index contributed by atoms with van der Waals surface area (Å²) in [6.45, 7) is 6.58. The van der Waals surface area contributed by atoms with Crippen LogP contribution in [-0.4, -0.2) is 50.1 Å². The highest BCUT2D eigenvalue weighted by atomic mass is 16.5. The molecular formula is C24H29N5O3. The van der Waals surface area contributed by atoms with E-state index in [1.807, 2.05) is 44.2 Å². The fraction of sp³-hybridized carbons (Fsp3) is 0.375. The molecule has 8 heteroatoms. The van der Waals surface area contributed by atoms with E-state index in [1.165, 1.54) is 0 Å². The van der Waals surface area contributed by atoms with Gasteiger partial charge in [0.05, 0.1) is 13.2 Å². The smallest absolute Gasteiger partial charge is 0.257 e. The molecule has 32 heavy (non-hydrogen) atoms. The molecule has 0 aromatic heterocycles. The summed E-state index contributed by atoms with van der Waals surface area (Å²) in [5, 5.41) is 12.2. The van der Waals surface area contributed by atoms with Gasteiger partial charge in [-0.05, 0) is 62.2 Å². The lowest BCUT2D eigenvalue weighted by Crippen LogP contribution is -2.38. The van der Waals surface area contributed by atoms with Gasteiger partial charge >= 0.3 is 0 Å². The fourth-order valence-corrected chi connectivity index (χ4v) is 3.84. The molecule has 2 aliphatic rings. The number of rotatable bonds is 6. The summed E-state index contributed by atoms with van der Waals surface area (Å²) in [4.78, 5) is 29.3. The number of nitrogens with one attached hydrogen (secondary N) is 4. The van der Waals surface area contributed by atoms with Crippen molar-refractivity contribution in [3.8, 4) is 0 Å². The van der Waals surface area contributed by atoms with E-state index in [2.05, 4.69) is 26.3 Å². The Balaban J connectivity index is 1.58. The average molecular weight is 436 g/mol. The number of anilines is 2. The Kier molecular flexibility index (Phi) is 6.70. The van der Waals surface area contributed by atoms with E-state index in [1.54, 1.807) is 12.1 Å². The molecule has 4 rings (SSSR count). The largest absolute Gasteiger partial charge is 0.381 e. The van der Waals surface area contributed by atoms with Crippen LogP contribution in [-0.2, 0) is 4.74 Å². The first-order valence-electron chi connectivity index (χ1n) is 11.0. The molecule has 8 nitrogen and oxygen atoms in total. The zero-order valence-corrected chi connectivity index (χ0v) is 18.4. The number of carbonyl (C=O) groups excluding carboxylic acids is 2. The van der Waals surface area contributed by atoms with Gasteiger partial charge in [-0.15, -0.1) is 0 Å². The second-order valence-corrected chi connectivity index (χ2v) is 8.31. The van der Waals surface area contributed by atoms with Crippen LogP contribution in [0.1, 0.15) is 52.5 Å². The van der Waals surface area contributed by atoms with E-state index in [0.29, 0.717) is 36.8 Å². The quantitative estimate of drug-likeness (QED) is 0.559. The van der Waals surface area contributed by atoms with E-state index in [-0.39, 0.29) is 23.8 Å². The second kappa shape index (κ2) is 9.82. The summed E-state index contributed by atoms with van der Waals surface area (Å²) >= 11 is 0. The van der Waals surface area contributed by atoms with E-state index in [9.17, 15) is 9.59 Å². The van der Waals surface area contributed by atoms with Gasteiger partial charge in [0.25, 0.3) is 11.8 Å². The van der Waals surface area contributed by atoms with Crippen LogP contribution in [0, 0.1) is 0 Å². The molecule has 0 spiro atoms. The first kappa shape index (κ1) is 21.8. The minimum Gasteiger partial charge on any atom is -0.381 e. The summed E-state index contributed by atoms with van der Waals surface area (Å²) in [5.41, 5.74) is 3.89. The van der Waals surface area contributed by atoms with Crippen molar-refractivity contribution in [2.24, 2.45) is 4.99 Å². The first-order chi connectivity index (χ1) is 15.5. The van der Waals surface area contributed by atoms with Crippen molar-refractivity contribution < 1.29 is 14.3 Å². The highest BCUT2D eigenvalue weighted by molar-refractivity contribution is 6.06. The minimum absolute atomic E-state index is 0.0668. The molecule has 1 atom stereocenters. The topological polar surface area (TPSA) is 104 Å². The van der Waals surface area contributed by atoms with Gasteiger partial charge in [-0.25, -0.2) is 0 Å². The molecule has 0 bridgehead atoms. The Morgan fingerprint density at radius 3 is 2.69 bits per heavy atom. The monoisotopic (exact) mass is 435 g/mol. The van der Waals surface area contributed by atoms with Gasteiger partial charge in [0, 0.05) is 47.6 Å². The number of carbonyl (C=O) groups is 2. The minimum atomic E-state index is -0.197. The molecular weight excluding hydrogens is 406 g/mol. The van der Waals surface area contributed by atoms with Crippen molar-refractivity contribution in [2.75, 3.05) is 31.6 Å². The van der Waals surface area contributed by atoms with Gasteiger partial charge in [-0.2, -0.15) is 0 Å². The number of benzene rings is 2. The number of amides is 2. The van der Waals surface area contributed by atoms with Crippen LogP contribution in [0.15, 0.2) is 47.5 Å². The van der Waals surface area contributed by atoms with Crippen molar-refractivity contribution in [3.63, 3.8) is 0 Å². The van der Waals surface area contributed by atoms with E-state index in [0.717, 1.165) is 29.9 Å². The van der Waals surface area contributed by atoms with Crippen LogP contribution in [0.5, 0.6) is 0 Å². The molecule has 2 heterocycles. The zero-order chi connectivity index (χ0) is 22.5. The molecule has 0 radical (unpaired) electrons. The highest BCUT2D eigenvalue weighted by Crippen LogP contribution is 2.33. The van der Waals surface area contributed by atoms with Gasteiger partial charge in [-0.1, -0.05) is 6.07 Å². The Hall–Kier alpha value is -3.39. The van der Waals surface area contributed by atoms with Gasteiger partial charge in [0.1, 0.15) is 0 Å². The lowest BCUT2D eigenvalue weighted by molar-refractivity contribution is 0.0941. The third-order valence-electron chi connectivity index (χ3n) is 5.41. The van der Waals surface area contributed by atoms with Crippen LogP contribution in [0.4, 0.5) is 11.4 Å². The van der Waals surface area contributed by atoms with Crippen molar-refractivity contribution in [1.29, 1.82) is 0 Å². The third-order valence-corrected chi connectivity index (χ3v) is 5.41. The van der Waals surface area contributed by atoms with Crippen LogP contribution >= 0.6 is 0 Å². The lowest BCUT2D eigenvalue weighted by Gasteiger charge is -2.18. The van der Waals surface area contributed by atoms with Gasteiger partial charge in [0.15, 0.2) is 5.96 Å². The first-order valence-corrected chi connectivity index (χ1v) is 11.0. The summed E-state index contributed by atoms with van der Waals surface area (Å²) < 4.78 is 5.60. The lowest BCUT2D eigenvalue weighted by atomic mass is 9.94. The molecule has 4 N–H and O–H groups in total. The van der Waals surface area contributed by atoms with Crippen LogP contribution in [0.25, 0.3) is 0 Å². The predicted octanol–water partition coefficient (Wildman–Crippen LogP) is 2.76. The van der Waals surface area contributed by atoms with E-state index in [4.69, 9.17) is 4.74 Å². The maximum atomic E-state index is 12.7. The Labute approximate surface area is 187 Å². The molecule has 168 valence electrons. The van der Waals surface area contributed by atoms with Gasteiger partial charge in [-0.3, -0.25) is 19.9 Å². The molecule has 1 saturated heterocycles. The summed E-state index contributed by atoms with van der Waals surface area (Å²) in [6.07, 6.45) is 0.894. The zero-order valence-electron chi connectivity index (χ0n) is 18.4. The van der Waals surface area contributed by atoms with Gasteiger partial charge < -0.3 is 20.7 Å². The maximum Gasteiger partial charge on any atom is 0.257 e. The Morgan fingerprint density at radius 1 is 1.12 bits per heavy atom. The molecule has 0 saturated carbocycles. The molecule has 1 fully saturated rings. The molecule has 1 unspecified atom stereocenters. The van der Waals surface area contributed by atoms with Crippen molar-refractivity contribution >= 4 is 29.1 Å². The average Bonchev–Trinajstić information content (AvgIpc) is 3.48. The maximum absolute atomic E-state index is 12.7. The van der Waals surface area contributed by atoms with Crippen LogP contribution in [0.2, 0.25) is 0 Å². The number of hydrogen-bond acceptors (Lipinski definition) is 6. The highest BCUT2D eigenvalue weighted by Gasteiger charge is 2.23. The summed E-state index contributed by atoms with van der Waals surface area (Å²) in [5.74, 6) is 0.403. The second-order valence-electron chi connectivity index (χ2n) is 8.31. The predicted molar refractivity (Wildman–Crippen MR) is 125 cm³/mol. The van der Waals surface area contributed by atoms with Crippen molar-refractivity contribution in [1.82, 2.24) is 16.0 Å².